The summed E-state index contributed by atoms with van der Waals surface area (Å²) in [6, 6.07) is -0.832. The molecule has 0 aromatic carbocycles. The molecular weight excluding hydrogens is 791 g/mol. The van der Waals surface area contributed by atoms with Gasteiger partial charge in [0, 0.05) is 6.42 Å². The van der Waals surface area contributed by atoms with Crippen molar-refractivity contribution < 1.29 is 39.8 Å². The van der Waals surface area contributed by atoms with Crippen LogP contribution in [-0.2, 0) is 14.3 Å². The molecule has 7 unspecified atom stereocenters. The van der Waals surface area contributed by atoms with Gasteiger partial charge in [-0.05, 0) is 70.6 Å². The molecule has 9 heteroatoms. The van der Waals surface area contributed by atoms with Crippen molar-refractivity contribution in [1.82, 2.24) is 5.32 Å². The van der Waals surface area contributed by atoms with E-state index < -0.39 is 49.5 Å². The number of aliphatic hydroxyl groups excluding tert-OH is 5. The van der Waals surface area contributed by atoms with Crippen LogP contribution in [0.4, 0.5) is 0 Å². The van der Waals surface area contributed by atoms with E-state index in [2.05, 4.69) is 55.6 Å². The molecule has 0 aliphatic carbocycles. The highest BCUT2D eigenvalue weighted by Crippen LogP contribution is 2.23. The first-order chi connectivity index (χ1) is 30.8. The number of aliphatic hydroxyl groups is 5. The number of ether oxygens (including phenoxy) is 2. The summed E-state index contributed by atoms with van der Waals surface area (Å²) >= 11 is 0. The minimum atomic E-state index is -1.58. The molecule has 1 saturated heterocycles. The Morgan fingerprint density at radius 1 is 0.524 bits per heavy atom. The normalized spacial score (nSPS) is 20.5. The Labute approximate surface area is 386 Å². The van der Waals surface area contributed by atoms with Gasteiger partial charge in [0.1, 0.15) is 24.4 Å². The summed E-state index contributed by atoms with van der Waals surface area (Å²) in [7, 11) is 0. The van der Waals surface area contributed by atoms with Crippen LogP contribution in [0.2, 0.25) is 0 Å². The molecule has 1 rings (SSSR count). The van der Waals surface area contributed by atoms with Gasteiger partial charge >= 0.3 is 0 Å². The predicted octanol–water partition coefficient (Wildman–Crippen LogP) is 12.2. The quantitative estimate of drug-likeness (QED) is 0.0262. The highest BCUT2D eigenvalue weighted by molar-refractivity contribution is 5.76. The molecule has 1 aliphatic heterocycles. The van der Waals surface area contributed by atoms with Gasteiger partial charge in [0.25, 0.3) is 0 Å². The highest BCUT2D eigenvalue weighted by Gasteiger charge is 2.44. The number of unbranched alkanes of at least 4 members (excludes halogenated alkanes) is 28. The molecule has 1 heterocycles. The number of amides is 1. The third-order valence-electron chi connectivity index (χ3n) is 12.4. The lowest BCUT2D eigenvalue weighted by Gasteiger charge is -2.40. The van der Waals surface area contributed by atoms with Crippen molar-refractivity contribution in [2.45, 2.75) is 275 Å². The molecule has 0 radical (unpaired) electrons. The predicted molar refractivity (Wildman–Crippen MR) is 263 cm³/mol. The lowest BCUT2D eigenvalue weighted by Crippen LogP contribution is -2.60. The zero-order valence-electron chi connectivity index (χ0n) is 40.6. The standard InChI is InChI=1S/C54H99NO8/c1-3-5-7-9-11-13-15-17-18-19-20-21-22-23-24-25-26-27-28-29-30-32-33-35-37-39-41-43-48(57)47(46-62-54-53(61)52(60)51(59)49(45-56)63-54)55-50(58)44-42-40-38-36-34-31-16-14-12-10-8-6-4-2/h14,16,28-29,33,35,41,43,47-49,51-54,56-57,59-61H,3-13,15,17-27,30-32,34,36-40,42,44-46H2,1-2H3,(H,55,58)/b16-14-,29-28+,35-33+,43-41+. The number of rotatable bonds is 44. The molecule has 0 saturated carbocycles. The molecule has 0 aromatic rings. The van der Waals surface area contributed by atoms with Crippen molar-refractivity contribution in [2.75, 3.05) is 13.2 Å². The monoisotopic (exact) mass is 890 g/mol. The van der Waals surface area contributed by atoms with E-state index in [1.54, 1.807) is 6.08 Å². The van der Waals surface area contributed by atoms with Crippen molar-refractivity contribution in [3.05, 3.63) is 48.6 Å². The second-order valence-electron chi connectivity index (χ2n) is 18.3. The molecule has 0 aromatic heterocycles. The van der Waals surface area contributed by atoms with Gasteiger partial charge in [0.05, 0.1) is 25.4 Å². The maximum atomic E-state index is 13.0. The lowest BCUT2D eigenvalue weighted by atomic mass is 9.99. The average Bonchev–Trinajstić information content (AvgIpc) is 3.28. The molecule has 6 N–H and O–H groups in total. The molecule has 0 bridgehead atoms. The Morgan fingerprint density at radius 3 is 1.35 bits per heavy atom. The Hall–Kier alpha value is -1.85. The van der Waals surface area contributed by atoms with E-state index in [0.29, 0.717) is 6.42 Å². The summed E-state index contributed by atoms with van der Waals surface area (Å²) in [5.74, 6) is -0.201. The van der Waals surface area contributed by atoms with Gasteiger partial charge in [0.15, 0.2) is 6.29 Å². The Kier molecular flexibility index (Phi) is 41.3. The van der Waals surface area contributed by atoms with Gasteiger partial charge in [-0.3, -0.25) is 4.79 Å². The van der Waals surface area contributed by atoms with E-state index in [0.717, 1.165) is 64.2 Å². The number of carbonyl (C=O) groups is 1. The minimum absolute atomic E-state index is 0.201. The van der Waals surface area contributed by atoms with Crippen LogP contribution < -0.4 is 5.32 Å². The van der Waals surface area contributed by atoms with Crippen LogP contribution in [0.3, 0.4) is 0 Å². The number of nitrogens with one attached hydrogen (secondary N) is 1. The first kappa shape index (κ1) is 59.2. The second-order valence-corrected chi connectivity index (χ2v) is 18.3. The maximum Gasteiger partial charge on any atom is 0.220 e. The van der Waals surface area contributed by atoms with Gasteiger partial charge < -0.3 is 40.3 Å². The lowest BCUT2D eigenvalue weighted by molar-refractivity contribution is -0.302. The molecule has 368 valence electrons. The van der Waals surface area contributed by atoms with Crippen LogP contribution in [0.5, 0.6) is 0 Å². The van der Waals surface area contributed by atoms with E-state index in [4.69, 9.17) is 9.47 Å². The van der Waals surface area contributed by atoms with Gasteiger partial charge in [-0.25, -0.2) is 0 Å². The highest BCUT2D eigenvalue weighted by atomic mass is 16.7. The smallest absolute Gasteiger partial charge is 0.220 e. The van der Waals surface area contributed by atoms with Crippen molar-refractivity contribution in [1.29, 1.82) is 0 Å². The van der Waals surface area contributed by atoms with E-state index >= 15 is 0 Å². The van der Waals surface area contributed by atoms with Gasteiger partial charge in [-0.15, -0.1) is 0 Å². The van der Waals surface area contributed by atoms with Gasteiger partial charge in [0.2, 0.25) is 5.91 Å². The fourth-order valence-corrected chi connectivity index (χ4v) is 8.12. The van der Waals surface area contributed by atoms with Crippen molar-refractivity contribution in [3.63, 3.8) is 0 Å². The van der Waals surface area contributed by atoms with Gasteiger partial charge in [-0.2, -0.15) is 0 Å². The van der Waals surface area contributed by atoms with Crippen molar-refractivity contribution in [3.8, 4) is 0 Å². The number of hydrogen-bond donors (Lipinski definition) is 6. The number of carbonyl (C=O) groups excluding carboxylic acids is 1. The summed E-state index contributed by atoms with van der Waals surface area (Å²) in [5.41, 5.74) is 0. The Morgan fingerprint density at radius 2 is 0.905 bits per heavy atom. The summed E-state index contributed by atoms with van der Waals surface area (Å²) in [6.45, 7) is 3.74. The second kappa shape index (κ2) is 44.0. The zero-order chi connectivity index (χ0) is 45.9. The summed E-state index contributed by atoms with van der Waals surface area (Å²) < 4.78 is 11.2. The van der Waals surface area contributed by atoms with Gasteiger partial charge in [-0.1, -0.05) is 204 Å². The zero-order valence-corrected chi connectivity index (χ0v) is 40.6. The molecule has 1 aliphatic rings. The molecular formula is C54H99NO8. The molecule has 1 fully saturated rings. The first-order valence-electron chi connectivity index (χ1n) is 26.4. The Balaban J connectivity index is 2.28. The molecule has 63 heavy (non-hydrogen) atoms. The summed E-state index contributed by atoms with van der Waals surface area (Å²) in [5, 5.41) is 54.3. The van der Waals surface area contributed by atoms with Crippen LogP contribution in [0, 0.1) is 0 Å². The molecule has 0 spiro atoms. The van der Waals surface area contributed by atoms with Crippen LogP contribution in [0.25, 0.3) is 0 Å². The van der Waals surface area contributed by atoms with Crippen LogP contribution in [0.1, 0.15) is 232 Å². The SMILES string of the molecule is CCCCCC/C=C\CCCCCCCC(=O)NC(COC1OC(CO)C(O)C(O)C1O)C(O)/C=C/CC/C=C/CC/C=C/CCCCCCCCCCCCCCCCCCC. The fraction of sp³-hybridized carbons (Fsp3) is 0.833. The number of hydrogen-bond acceptors (Lipinski definition) is 8. The summed E-state index contributed by atoms with van der Waals surface area (Å²) in [4.78, 5) is 13.0. The van der Waals surface area contributed by atoms with Crippen LogP contribution in [-0.4, -0.2) is 87.5 Å². The van der Waals surface area contributed by atoms with Crippen LogP contribution in [0.15, 0.2) is 48.6 Å². The first-order valence-corrected chi connectivity index (χ1v) is 26.4. The van der Waals surface area contributed by atoms with E-state index in [1.807, 2.05) is 6.08 Å². The van der Waals surface area contributed by atoms with Crippen LogP contribution >= 0.6 is 0 Å². The van der Waals surface area contributed by atoms with E-state index in [-0.39, 0.29) is 12.5 Å². The van der Waals surface area contributed by atoms with E-state index in [1.165, 1.54) is 148 Å². The largest absolute Gasteiger partial charge is 0.394 e. The van der Waals surface area contributed by atoms with Crippen molar-refractivity contribution in [2.24, 2.45) is 0 Å². The topological polar surface area (TPSA) is 149 Å². The number of allylic oxidation sites excluding steroid dienone is 7. The molecule has 1 amide bonds. The maximum absolute atomic E-state index is 13.0. The average molecular weight is 890 g/mol. The molecule has 9 nitrogen and oxygen atoms in total. The minimum Gasteiger partial charge on any atom is -0.394 e. The van der Waals surface area contributed by atoms with E-state index in [9.17, 15) is 30.3 Å². The third kappa shape index (κ3) is 34.2. The summed E-state index contributed by atoms with van der Waals surface area (Å²) in [6.07, 6.45) is 50.4. The van der Waals surface area contributed by atoms with Crippen molar-refractivity contribution >= 4 is 5.91 Å². The third-order valence-corrected chi connectivity index (χ3v) is 12.4. The fourth-order valence-electron chi connectivity index (χ4n) is 8.12. The Bertz CT molecular complexity index is 1130. The molecule has 7 atom stereocenters.